The average molecular weight is 430 g/mol. The summed E-state index contributed by atoms with van der Waals surface area (Å²) in [5.74, 6) is 0.974. The van der Waals surface area contributed by atoms with Crippen LogP contribution in [0.5, 0.6) is 5.75 Å². The van der Waals surface area contributed by atoms with Gasteiger partial charge >= 0.3 is 6.03 Å². The SMILES string of the molecule is CN(C)CC(=O)N1Cc2ccccc2OC2(CCN(C(=O)N3CCN(C)CC3)CC2)C1. The highest BCUT2D eigenvalue weighted by Crippen LogP contribution is 2.35. The van der Waals surface area contributed by atoms with Crippen molar-refractivity contribution in [1.29, 1.82) is 0 Å². The first-order valence-electron chi connectivity index (χ1n) is 11.3. The second-order valence-electron chi connectivity index (χ2n) is 9.44. The van der Waals surface area contributed by atoms with Gasteiger partial charge in [-0.15, -0.1) is 0 Å². The molecule has 3 aliphatic rings. The molecule has 0 saturated carbocycles. The van der Waals surface area contributed by atoms with Crippen LogP contribution in [0, 0.1) is 0 Å². The smallest absolute Gasteiger partial charge is 0.320 e. The van der Waals surface area contributed by atoms with Crippen molar-refractivity contribution < 1.29 is 14.3 Å². The molecule has 8 heteroatoms. The molecule has 0 aromatic heterocycles. The Hall–Kier alpha value is -2.32. The summed E-state index contributed by atoms with van der Waals surface area (Å²) in [5.41, 5.74) is 0.593. The summed E-state index contributed by atoms with van der Waals surface area (Å²) < 4.78 is 6.59. The number of rotatable bonds is 2. The van der Waals surface area contributed by atoms with Crippen LogP contribution in [0.2, 0.25) is 0 Å². The van der Waals surface area contributed by atoms with E-state index >= 15 is 0 Å². The van der Waals surface area contributed by atoms with Crippen LogP contribution >= 0.6 is 0 Å². The highest BCUT2D eigenvalue weighted by Gasteiger charge is 2.43. The summed E-state index contributed by atoms with van der Waals surface area (Å²) >= 11 is 0. The molecular formula is C23H35N5O3. The summed E-state index contributed by atoms with van der Waals surface area (Å²) in [4.78, 5) is 36.0. The Labute approximate surface area is 185 Å². The van der Waals surface area contributed by atoms with Crippen molar-refractivity contribution in [3.05, 3.63) is 29.8 Å². The van der Waals surface area contributed by atoms with Gasteiger partial charge in [-0.1, -0.05) is 18.2 Å². The third kappa shape index (κ3) is 4.96. The second-order valence-corrected chi connectivity index (χ2v) is 9.44. The Balaban J connectivity index is 1.47. The number of para-hydroxylation sites is 1. The Bertz CT molecular complexity index is 798. The van der Waals surface area contributed by atoms with E-state index in [9.17, 15) is 9.59 Å². The average Bonchev–Trinajstić information content (AvgIpc) is 2.90. The van der Waals surface area contributed by atoms with Crippen molar-refractivity contribution >= 4 is 11.9 Å². The van der Waals surface area contributed by atoms with Crippen LogP contribution in [0.3, 0.4) is 0 Å². The quantitative estimate of drug-likeness (QED) is 0.707. The maximum Gasteiger partial charge on any atom is 0.320 e. The number of likely N-dealkylation sites (N-methyl/N-ethyl adjacent to an activating group) is 2. The molecule has 1 aromatic rings. The van der Waals surface area contributed by atoms with Crippen molar-refractivity contribution in [3.8, 4) is 5.75 Å². The predicted octanol–water partition coefficient (Wildman–Crippen LogP) is 1.17. The number of piperazine rings is 1. The molecule has 3 heterocycles. The summed E-state index contributed by atoms with van der Waals surface area (Å²) in [6, 6.07) is 8.15. The molecular weight excluding hydrogens is 394 g/mol. The van der Waals surface area contributed by atoms with Gasteiger partial charge in [0.05, 0.1) is 13.1 Å². The highest BCUT2D eigenvalue weighted by atomic mass is 16.5. The monoisotopic (exact) mass is 429 g/mol. The number of piperidine rings is 1. The molecule has 170 valence electrons. The van der Waals surface area contributed by atoms with Crippen LogP contribution in [0.15, 0.2) is 24.3 Å². The lowest BCUT2D eigenvalue weighted by molar-refractivity contribution is -0.135. The number of hydrogen-bond donors (Lipinski definition) is 0. The topological polar surface area (TPSA) is 59.6 Å². The van der Waals surface area contributed by atoms with Gasteiger partial charge in [0.2, 0.25) is 5.91 Å². The van der Waals surface area contributed by atoms with Crippen LogP contribution in [-0.4, -0.2) is 116 Å². The minimum atomic E-state index is -0.451. The van der Waals surface area contributed by atoms with Gasteiger partial charge in [-0.3, -0.25) is 4.79 Å². The van der Waals surface area contributed by atoms with E-state index in [1.54, 1.807) is 0 Å². The molecule has 0 unspecified atom stereocenters. The molecule has 0 aliphatic carbocycles. The fourth-order valence-electron chi connectivity index (χ4n) is 4.72. The summed E-state index contributed by atoms with van der Waals surface area (Å²) in [7, 11) is 5.92. The summed E-state index contributed by atoms with van der Waals surface area (Å²) in [5, 5.41) is 0. The number of carbonyl (C=O) groups is 2. The van der Waals surface area contributed by atoms with Gasteiger partial charge in [0.15, 0.2) is 0 Å². The molecule has 8 nitrogen and oxygen atoms in total. The zero-order valence-electron chi connectivity index (χ0n) is 19.0. The number of likely N-dealkylation sites (tertiary alicyclic amines) is 1. The van der Waals surface area contributed by atoms with E-state index < -0.39 is 5.60 Å². The fraction of sp³-hybridized carbons (Fsp3) is 0.652. The molecule has 0 atom stereocenters. The first-order chi connectivity index (χ1) is 14.8. The third-order valence-corrected chi connectivity index (χ3v) is 6.66. The van der Waals surface area contributed by atoms with Crippen molar-refractivity contribution in [2.45, 2.75) is 25.0 Å². The lowest BCUT2D eigenvalue weighted by atomic mass is 9.90. The van der Waals surface area contributed by atoms with E-state index in [4.69, 9.17) is 4.74 Å². The number of benzene rings is 1. The van der Waals surface area contributed by atoms with Crippen molar-refractivity contribution in [2.75, 3.05) is 73.5 Å². The van der Waals surface area contributed by atoms with E-state index in [-0.39, 0.29) is 11.9 Å². The first-order valence-corrected chi connectivity index (χ1v) is 11.3. The van der Waals surface area contributed by atoms with Gasteiger partial charge in [0.25, 0.3) is 0 Å². The number of nitrogens with zero attached hydrogens (tertiary/aromatic N) is 5. The first kappa shape index (κ1) is 21.9. The van der Waals surface area contributed by atoms with Crippen molar-refractivity contribution in [2.24, 2.45) is 0 Å². The minimum Gasteiger partial charge on any atom is -0.485 e. The molecule has 1 spiro atoms. The van der Waals surface area contributed by atoms with Crippen LogP contribution in [0.1, 0.15) is 18.4 Å². The van der Waals surface area contributed by atoms with Gasteiger partial charge < -0.3 is 29.2 Å². The zero-order chi connectivity index (χ0) is 22.0. The van der Waals surface area contributed by atoms with Gasteiger partial charge in [-0.25, -0.2) is 4.79 Å². The number of carbonyl (C=O) groups excluding carboxylic acids is 2. The maximum absolute atomic E-state index is 13.0. The van der Waals surface area contributed by atoms with Gasteiger partial charge in [-0.05, 0) is 27.2 Å². The fourth-order valence-corrected chi connectivity index (χ4v) is 4.72. The van der Waals surface area contributed by atoms with Crippen LogP contribution < -0.4 is 4.74 Å². The van der Waals surface area contributed by atoms with E-state index in [1.807, 2.05) is 58.0 Å². The highest BCUT2D eigenvalue weighted by molar-refractivity contribution is 5.78. The third-order valence-electron chi connectivity index (χ3n) is 6.66. The summed E-state index contributed by atoms with van der Waals surface area (Å²) in [6.07, 6.45) is 1.46. The van der Waals surface area contributed by atoms with Crippen LogP contribution in [0.4, 0.5) is 4.79 Å². The van der Waals surface area contributed by atoms with E-state index in [0.29, 0.717) is 32.7 Å². The van der Waals surface area contributed by atoms with Crippen LogP contribution in [0.25, 0.3) is 0 Å². The second kappa shape index (κ2) is 9.04. The molecule has 2 saturated heterocycles. The molecule has 1 aromatic carbocycles. The van der Waals surface area contributed by atoms with Gasteiger partial charge in [0.1, 0.15) is 11.4 Å². The molecule has 0 bridgehead atoms. The Morgan fingerprint density at radius 2 is 1.61 bits per heavy atom. The van der Waals surface area contributed by atoms with Gasteiger partial charge in [-0.2, -0.15) is 0 Å². The number of fused-ring (bicyclic) bond motifs is 1. The summed E-state index contributed by atoms with van der Waals surface area (Å²) in [6.45, 7) is 6.23. The predicted molar refractivity (Wildman–Crippen MR) is 119 cm³/mol. The molecule has 0 radical (unpaired) electrons. The number of amides is 3. The Morgan fingerprint density at radius 1 is 0.968 bits per heavy atom. The Kier molecular flexibility index (Phi) is 6.39. The largest absolute Gasteiger partial charge is 0.485 e. The Morgan fingerprint density at radius 3 is 2.29 bits per heavy atom. The number of hydrogen-bond acceptors (Lipinski definition) is 5. The van der Waals surface area contributed by atoms with E-state index in [0.717, 1.165) is 50.3 Å². The number of ether oxygens (including phenoxy) is 1. The number of urea groups is 1. The van der Waals surface area contributed by atoms with Crippen molar-refractivity contribution in [3.63, 3.8) is 0 Å². The molecule has 3 amide bonds. The lowest BCUT2D eigenvalue weighted by Crippen LogP contribution is -2.58. The minimum absolute atomic E-state index is 0.112. The molecule has 4 rings (SSSR count). The van der Waals surface area contributed by atoms with E-state index in [1.165, 1.54) is 0 Å². The molecule has 31 heavy (non-hydrogen) atoms. The van der Waals surface area contributed by atoms with Crippen LogP contribution in [-0.2, 0) is 11.3 Å². The molecule has 0 N–H and O–H groups in total. The van der Waals surface area contributed by atoms with E-state index in [2.05, 4.69) is 11.9 Å². The normalized spacial score (nSPS) is 21.6. The standard InChI is InChI=1S/C23H35N5O3/c1-24(2)17-21(29)28-16-19-6-4-5-7-20(19)31-23(18-28)8-10-26(11-9-23)22(30)27-14-12-25(3)13-15-27/h4-7H,8-18H2,1-3H3. The lowest BCUT2D eigenvalue weighted by Gasteiger charge is -2.44. The van der Waals surface area contributed by atoms with Gasteiger partial charge in [0, 0.05) is 64.2 Å². The maximum atomic E-state index is 13.0. The molecule has 3 aliphatic heterocycles. The zero-order valence-corrected chi connectivity index (χ0v) is 19.0. The van der Waals surface area contributed by atoms with Crippen molar-refractivity contribution in [1.82, 2.24) is 24.5 Å². The molecule has 2 fully saturated rings.